The van der Waals surface area contributed by atoms with Gasteiger partial charge in [-0.25, -0.2) is 0 Å². The first-order valence-electron chi connectivity index (χ1n) is 4.43. The normalized spacial score (nSPS) is 10.2. The molecule has 0 aliphatic carbocycles. The van der Waals surface area contributed by atoms with Crippen molar-refractivity contribution in [2.75, 3.05) is 0 Å². The van der Waals surface area contributed by atoms with E-state index in [2.05, 4.69) is 10.2 Å². The number of aromatic amines is 1. The van der Waals surface area contributed by atoms with Gasteiger partial charge in [0.2, 0.25) is 0 Å². The Morgan fingerprint density at radius 1 is 1.47 bits per heavy atom. The minimum absolute atomic E-state index is 0.0786. The summed E-state index contributed by atoms with van der Waals surface area (Å²) in [5.41, 5.74) is 2.55. The molecule has 0 radical (unpaired) electrons. The van der Waals surface area contributed by atoms with Gasteiger partial charge in [-0.1, -0.05) is 12.1 Å². The van der Waals surface area contributed by atoms with Gasteiger partial charge in [-0.15, -0.1) is 0 Å². The molecule has 1 aromatic heterocycles. The number of aryl methyl sites for hydroxylation is 1. The lowest BCUT2D eigenvalue weighted by molar-refractivity contribution is -0.384. The van der Waals surface area contributed by atoms with Gasteiger partial charge in [0.1, 0.15) is 0 Å². The Balaban J connectivity index is 2.50. The number of hydrogen-bond acceptors (Lipinski definition) is 3. The first-order chi connectivity index (χ1) is 7.18. The van der Waals surface area contributed by atoms with E-state index in [1.54, 1.807) is 18.3 Å². The number of nitrogens with zero attached hydrogens (tertiary/aromatic N) is 2. The molecule has 0 amide bonds. The number of non-ortho nitro benzene ring substituents is 1. The predicted molar refractivity (Wildman–Crippen MR) is 55.4 cm³/mol. The highest BCUT2D eigenvalue weighted by atomic mass is 16.6. The van der Waals surface area contributed by atoms with Gasteiger partial charge in [-0.2, -0.15) is 5.10 Å². The molecule has 0 bridgehead atoms. The molecular formula is C10H9N3O2. The van der Waals surface area contributed by atoms with Gasteiger partial charge in [0.25, 0.3) is 5.69 Å². The minimum atomic E-state index is -0.411. The van der Waals surface area contributed by atoms with Crippen LogP contribution in [0.4, 0.5) is 5.69 Å². The summed E-state index contributed by atoms with van der Waals surface area (Å²) in [7, 11) is 0. The maximum absolute atomic E-state index is 10.6. The predicted octanol–water partition coefficient (Wildman–Crippen LogP) is 2.29. The van der Waals surface area contributed by atoms with Crippen molar-refractivity contribution in [2.45, 2.75) is 6.92 Å². The van der Waals surface area contributed by atoms with Gasteiger partial charge < -0.3 is 0 Å². The van der Waals surface area contributed by atoms with Crippen LogP contribution in [0.15, 0.2) is 30.5 Å². The molecule has 0 spiro atoms. The highest BCUT2D eigenvalue weighted by Crippen LogP contribution is 2.24. The van der Waals surface area contributed by atoms with E-state index in [0.717, 1.165) is 16.8 Å². The van der Waals surface area contributed by atoms with E-state index in [1.165, 1.54) is 12.1 Å². The fraction of sp³-hybridized carbons (Fsp3) is 0.100. The molecule has 1 N–H and O–H groups in total. The molecule has 0 aliphatic heterocycles. The van der Waals surface area contributed by atoms with Gasteiger partial charge in [-0.3, -0.25) is 15.2 Å². The van der Waals surface area contributed by atoms with E-state index in [4.69, 9.17) is 0 Å². The highest BCUT2D eigenvalue weighted by molar-refractivity contribution is 5.64. The fourth-order valence-corrected chi connectivity index (χ4v) is 1.41. The molecule has 0 aliphatic rings. The maximum Gasteiger partial charge on any atom is 0.270 e. The summed E-state index contributed by atoms with van der Waals surface area (Å²) in [5, 5.41) is 17.3. The van der Waals surface area contributed by atoms with Crippen molar-refractivity contribution in [3.8, 4) is 11.3 Å². The zero-order valence-corrected chi connectivity index (χ0v) is 8.10. The Morgan fingerprint density at radius 3 is 2.87 bits per heavy atom. The van der Waals surface area contributed by atoms with Crippen LogP contribution in [0.5, 0.6) is 0 Å². The number of hydrogen-bond donors (Lipinski definition) is 1. The lowest BCUT2D eigenvalue weighted by atomic mass is 10.1. The number of nitrogens with one attached hydrogen (secondary N) is 1. The molecule has 1 aromatic carbocycles. The third-order valence-electron chi connectivity index (χ3n) is 2.16. The number of aromatic nitrogens is 2. The van der Waals surface area contributed by atoms with Gasteiger partial charge in [0.15, 0.2) is 0 Å². The smallest absolute Gasteiger partial charge is 0.270 e. The Hall–Kier alpha value is -2.17. The number of nitro groups is 1. The van der Waals surface area contributed by atoms with E-state index >= 15 is 0 Å². The second kappa shape index (κ2) is 3.53. The number of rotatable bonds is 2. The monoisotopic (exact) mass is 203 g/mol. The van der Waals surface area contributed by atoms with Crippen molar-refractivity contribution in [3.63, 3.8) is 0 Å². The maximum atomic E-state index is 10.6. The van der Waals surface area contributed by atoms with Crippen LogP contribution < -0.4 is 0 Å². The van der Waals surface area contributed by atoms with Gasteiger partial charge >= 0.3 is 0 Å². The van der Waals surface area contributed by atoms with Crippen LogP contribution in [0, 0.1) is 17.0 Å². The molecule has 5 nitrogen and oxygen atoms in total. The summed E-state index contributed by atoms with van der Waals surface area (Å²) in [6, 6.07) is 6.44. The fourth-order valence-electron chi connectivity index (χ4n) is 1.41. The summed E-state index contributed by atoms with van der Waals surface area (Å²) >= 11 is 0. The molecule has 76 valence electrons. The number of H-pyrrole nitrogens is 1. The zero-order chi connectivity index (χ0) is 10.8. The van der Waals surface area contributed by atoms with Crippen LogP contribution in [0.3, 0.4) is 0 Å². The van der Waals surface area contributed by atoms with E-state index in [-0.39, 0.29) is 5.69 Å². The molecule has 15 heavy (non-hydrogen) atoms. The first kappa shape index (κ1) is 9.39. The molecule has 5 heteroatoms. The molecule has 0 atom stereocenters. The second-order valence-electron chi connectivity index (χ2n) is 3.22. The number of nitro benzene ring substituents is 1. The summed E-state index contributed by atoms with van der Waals surface area (Å²) in [4.78, 5) is 10.2. The van der Waals surface area contributed by atoms with Crippen LogP contribution in [-0.2, 0) is 0 Å². The summed E-state index contributed by atoms with van der Waals surface area (Å²) in [6.07, 6.45) is 1.76. The van der Waals surface area contributed by atoms with Gasteiger partial charge in [0.05, 0.1) is 10.6 Å². The number of benzene rings is 1. The molecule has 2 aromatic rings. The Morgan fingerprint density at radius 2 is 2.27 bits per heavy atom. The van der Waals surface area contributed by atoms with Crippen molar-refractivity contribution < 1.29 is 4.92 Å². The van der Waals surface area contributed by atoms with E-state index in [1.807, 2.05) is 6.92 Å². The van der Waals surface area contributed by atoms with Crippen molar-refractivity contribution in [1.29, 1.82) is 0 Å². The summed E-state index contributed by atoms with van der Waals surface area (Å²) in [5.74, 6) is 0. The van der Waals surface area contributed by atoms with E-state index in [0.29, 0.717) is 0 Å². The first-order valence-corrected chi connectivity index (χ1v) is 4.43. The van der Waals surface area contributed by atoms with Gasteiger partial charge in [0, 0.05) is 23.9 Å². The quantitative estimate of drug-likeness (QED) is 0.601. The lowest BCUT2D eigenvalue weighted by Crippen LogP contribution is -1.88. The molecule has 0 saturated carbocycles. The van der Waals surface area contributed by atoms with Crippen molar-refractivity contribution >= 4 is 5.69 Å². The van der Waals surface area contributed by atoms with Crippen LogP contribution >= 0.6 is 0 Å². The standard InChI is InChI=1S/C10H9N3O2/c1-7-6-11-12-10(7)8-3-2-4-9(5-8)13(14)15/h2-6H,1H3,(H,11,12). The van der Waals surface area contributed by atoms with Crippen molar-refractivity contribution in [3.05, 3.63) is 46.1 Å². The largest absolute Gasteiger partial charge is 0.285 e. The summed E-state index contributed by atoms with van der Waals surface area (Å²) in [6.45, 7) is 1.90. The molecular weight excluding hydrogens is 194 g/mol. The Labute approximate surface area is 85.9 Å². The summed E-state index contributed by atoms with van der Waals surface area (Å²) < 4.78 is 0. The third kappa shape index (κ3) is 1.71. The zero-order valence-electron chi connectivity index (χ0n) is 8.10. The average Bonchev–Trinajstić information content (AvgIpc) is 2.64. The Bertz CT molecular complexity index is 505. The molecule has 2 rings (SSSR count). The SMILES string of the molecule is Cc1c[nH]nc1-c1cccc([N+](=O)[O-])c1. The van der Waals surface area contributed by atoms with Crippen LogP contribution in [0.25, 0.3) is 11.3 Å². The van der Waals surface area contributed by atoms with E-state index < -0.39 is 4.92 Å². The second-order valence-corrected chi connectivity index (χ2v) is 3.22. The third-order valence-corrected chi connectivity index (χ3v) is 2.16. The van der Waals surface area contributed by atoms with Crippen LogP contribution in [-0.4, -0.2) is 15.1 Å². The van der Waals surface area contributed by atoms with Crippen molar-refractivity contribution in [1.82, 2.24) is 10.2 Å². The van der Waals surface area contributed by atoms with E-state index in [9.17, 15) is 10.1 Å². The lowest BCUT2D eigenvalue weighted by Gasteiger charge is -1.97. The van der Waals surface area contributed by atoms with Gasteiger partial charge in [-0.05, 0) is 12.5 Å². The average molecular weight is 203 g/mol. The van der Waals surface area contributed by atoms with Crippen LogP contribution in [0.1, 0.15) is 5.56 Å². The Kier molecular flexibility index (Phi) is 2.21. The van der Waals surface area contributed by atoms with Crippen LogP contribution in [0.2, 0.25) is 0 Å². The highest BCUT2D eigenvalue weighted by Gasteiger charge is 2.09. The minimum Gasteiger partial charge on any atom is -0.285 e. The topological polar surface area (TPSA) is 71.8 Å². The molecule has 0 fully saturated rings. The van der Waals surface area contributed by atoms with Crippen molar-refractivity contribution in [2.24, 2.45) is 0 Å². The molecule has 1 heterocycles. The molecule has 0 saturated heterocycles. The molecule has 0 unspecified atom stereocenters.